The Morgan fingerprint density at radius 1 is 1.00 bits per heavy atom. The molecule has 1 N–H and O–H groups in total. The van der Waals surface area contributed by atoms with Gasteiger partial charge < -0.3 is 9.68 Å². The Balaban J connectivity index is 2.31. The number of benzene rings is 3. The second-order valence-electron chi connectivity index (χ2n) is 5.16. The van der Waals surface area contributed by atoms with Gasteiger partial charge in [0, 0.05) is 15.8 Å². The summed E-state index contributed by atoms with van der Waals surface area (Å²) < 4.78 is 19.4. The Hall–Kier alpha value is -1.98. The summed E-state index contributed by atoms with van der Waals surface area (Å²) in [5.74, 6) is 0.370. The lowest BCUT2D eigenvalue weighted by atomic mass is 9.98. The molecule has 23 heavy (non-hydrogen) atoms. The highest BCUT2D eigenvalue weighted by Gasteiger charge is 2.15. The van der Waals surface area contributed by atoms with E-state index in [4.69, 9.17) is 9.68 Å². The average Bonchev–Trinajstić information content (AvgIpc) is 2.57. The van der Waals surface area contributed by atoms with Crippen LogP contribution in [0.2, 0.25) is 0 Å². The molecule has 0 aromatic heterocycles. The van der Waals surface area contributed by atoms with Crippen molar-refractivity contribution in [3.63, 3.8) is 0 Å². The minimum absolute atomic E-state index is 0.241. The lowest BCUT2D eigenvalue weighted by Crippen LogP contribution is -2.02. The molecule has 0 aliphatic rings. The van der Waals surface area contributed by atoms with E-state index in [0.717, 1.165) is 26.8 Å². The molecule has 0 bridgehead atoms. The molecular weight excluding hydrogens is 310 g/mol. The molecule has 2 nitrogen and oxygen atoms in total. The lowest BCUT2D eigenvalue weighted by molar-refractivity contribution is 0.455. The van der Waals surface area contributed by atoms with Gasteiger partial charge in [-0.3, -0.25) is 0 Å². The first-order chi connectivity index (χ1) is 11.2. The molecule has 5 heteroatoms. The molecule has 115 valence electrons. The fraction of sp³-hybridized carbons (Fsp3) is 0.111. The number of hydrogen-bond donors (Lipinski definition) is 1. The van der Waals surface area contributed by atoms with Gasteiger partial charge in [0.05, 0.1) is 0 Å². The summed E-state index contributed by atoms with van der Waals surface area (Å²) in [4.78, 5) is 0.982. The van der Waals surface area contributed by atoms with Crippen LogP contribution in [0, 0.1) is 12.7 Å². The number of fused-ring (bicyclic) bond motifs is 1. The van der Waals surface area contributed by atoms with Gasteiger partial charge in [0.25, 0.3) is 0 Å². The van der Waals surface area contributed by atoms with E-state index >= 15 is 0 Å². The Morgan fingerprint density at radius 2 is 1.74 bits per heavy atom. The molecule has 3 aromatic rings. The summed E-state index contributed by atoms with van der Waals surface area (Å²) in [6.45, 7) is 1.92. The highest BCUT2D eigenvalue weighted by Crippen LogP contribution is 2.41. The summed E-state index contributed by atoms with van der Waals surface area (Å²) in [5.41, 5.74) is 2.36. The van der Waals surface area contributed by atoms with E-state index in [1.807, 2.05) is 43.5 Å². The van der Waals surface area contributed by atoms with Crippen LogP contribution in [-0.4, -0.2) is 19.0 Å². The summed E-state index contributed by atoms with van der Waals surface area (Å²) in [6, 6.07) is 14.5. The third-order valence-electron chi connectivity index (χ3n) is 3.84. The van der Waals surface area contributed by atoms with Gasteiger partial charge in [-0.1, -0.05) is 42.5 Å². The summed E-state index contributed by atoms with van der Waals surface area (Å²) in [6.07, 6.45) is 1.97. The van der Waals surface area contributed by atoms with Crippen LogP contribution in [0.5, 0.6) is 5.75 Å². The molecule has 3 aromatic carbocycles. The summed E-state index contributed by atoms with van der Waals surface area (Å²) in [7, 11) is 0.686. The Labute approximate surface area is 139 Å². The maximum atomic E-state index is 14.2. The molecule has 0 saturated carbocycles. The van der Waals surface area contributed by atoms with E-state index in [0.29, 0.717) is 19.0 Å². The first-order valence-corrected chi connectivity index (χ1v) is 8.37. The largest absolute Gasteiger partial charge is 0.569 e. The highest BCUT2D eigenvalue weighted by atomic mass is 32.2. The maximum Gasteiger partial charge on any atom is 0.569 e. The van der Waals surface area contributed by atoms with Crippen molar-refractivity contribution >= 4 is 30.2 Å². The minimum atomic E-state index is -0.241. The van der Waals surface area contributed by atoms with Crippen LogP contribution in [0.4, 0.5) is 4.39 Å². The number of halogens is 1. The van der Waals surface area contributed by atoms with Gasteiger partial charge >= 0.3 is 7.69 Å². The molecule has 0 unspecified atom stereocenters. The van der Waals surface area contributed by atoms with Crippen molar-refractivity contribution in [2.75, 3.05) is 6.26 Å². The van der Waals surface area contributed by atoms with Gasteiger partial charge in [-0.2, -0.15) is 0 Å². The standard InChI is InChI=1S/C18H15BFO2S/c1-11-7-8-15-13(17(11)22-19-21)9-10-14(18(15)23-2)12-5-3-4-6-16(12)20/h3-10,21H,1-2H3. The van der Waals surface area contributed by atoms with Crippen LogP contribution in [0.1, 0.15) is 5.56 Å². The maximum absolute atomic E-state index is 14.2. The predicted molar refractivity (Wildman–Crippen MR) is 94.5 cm³/mol. The van der Waals surface area contributed by atoms with Crippen molar-refractivity contribution in [1.82, 2.24) is 0 Å². The molecule has 0 atom stereocenters. The molecule has 0 saturated heterocycles. The van der Waals surface area contributed by atoms with Crippen molar-refractivity contribution in [2.24, 2.45) is 0 Å². The zero-order chi connectivity index (χ0) is 16.4. The zero-order valence-electron chi connectivity index (χ0n) is 12.8. The monoisotopic (exact) mass is 325 g/mol. The van der Waals surface area contributed by atoms with Crippen molar-refractivity contribution in [3.05, 3.63) is 59.9 Å². The minimum Gasteiger partial charge on any atom is -0.537 e. The van der Waals surface area contributed by atoms with E-state index in [1.165, 1.54) is 6.07 Å². The quantitative estimate of drug-likeness (QED) is 0.562. The van der Waals surface area contributed by atoms with Crippen LogP contribution in [0.3, 0.4) is 0 Å². The summed E-state index contributed by atoms with van der Waals surface area (Å²) >= 11 is 1.57. The smallest absolute Gasteiger partial charge is 0.537 e. The molecule has 0 heterocycles. The molecule has 0 spiro atoms. The molecule has 0 fully saturated rings. The van der Waals surface area contributed by atoms with Gasteiger partial charge in [0.1, 0.15) is 11.6 Å². The Morgan fingerprint density at radius 3 is 2.43 bits per heavy atom. The van der Waals surface area contributed by atoms with Crippen LogP contribution in [0.25, 0.3) is 21.9 Å². The van der Waals surface area contributed by atoms with Crippen molar-refractivity contribution in [2.45, 2.75) is 11.8 Å². The predicted octanol–water partition coefficient (Wildman–Crippen LogP) is 4.58. The van der Waals surface area contributed by atoms with Crippen molar-refractivity contribution < 1.29 is 14.1 Å². The van der Waals surface area contributed by atoms with Gasteiger partial charge in [-0.05, 0) is 35.8 Å². The lowest BCUT2D eigenvalue weighted by Gasteiger charge is -2.16. The number of rotatable bonds is 4. The molecule has 0 amide bonds. The third kappa shape index (κ3) is 2.82. The fourth-order valence-corrected chi connectivity index (χ4v) is 3.58. The first kappa shape index (κ1) is 15.9. The molecule has 0 aliphatic carbocycles. The highest BCUT2D eigenvalue weighted by molar-refractivity contribution is 7.99. The van der Waals surface area contributed by atoms with Crippen molar-refractivity contribution in [1.29, 1.82) is 0 Å². The second-order valence-corrected chi connectivity index (χ2v) is 5.97. The topological polar surface area (TPSA) is 29.5 Å². The number of aryl methyl sites for hydroxylation is 1. The first-order valence-electron chi connectivity index (χ1n) is 7.15. The van der Waals surface area contributed by atoms with E-state index in [-0.39, 0.29) is 5.82 Å². The molecule has 0 aliphatic heterocycles. The van der Waals surface area contributed by atoms with E-state index < -0.39 is 0 Å². The molecule has 1 radical (unpaired) electrons. The fourth-order valence-electron chi connectivity index (χ4n) is 2.78. The Kier molecular flexibility index (Phi) is 4.60. The van der Waals surface area contributed by atoms with Gasteiger partial charge in [-0.15, -0.1) is 11.8 Å². The van der Waals surface area contributed by atoms with Crippen LogP contribution in [-0.2, 0) is 0 Å². The van der Waals surface area contributed by atoms with Crippen LogP contribution in [0.15, 0.2) is 53.4 Å². The van der Waals surface area contributed by atoms with E-state index in [2.05, 4.69) is 0 Å². The van der Waals surface area contributed by atoms with E-state index in [1.54, 1.807) is 23.9 Å². The summed E-state index contributed by atoms with van der Waals surface area (Å²) in [5, 5.41) is 10.9. The number of thioether (sulfide) groups is 1. The van der Waals surface area contributed by atoms with Crippen LogP contribution < -0.4 is 4.65 Å². The molecular formula is C18H15BFO2S. The van der Waals surface area contributed by atoms with Gasteiger partial charge in [-0.25, -0.2) is 4.39 Å². The second kappa shape index (κ2) is 6.65. The van der Waals surface area contributed by atoms with Crippen molar-refractivity contribution in [3.8, 4) is 16.9 Å². The van der Waals surface area contributed by atoms with Crippen LogP contribution >= 0.6 is 11.8 Å². The average molecular weight is 325 g/mol. The van der Waals surface area contributed by atoms with Gasteiger partial charge in [0.2, 0.25) is 0 Å². The third-order valence-corrected chi connectivity index (χ3v) is 4.69. The SMILES string of the molecule is CSc1c(-c2ccccc2F)ccc2c(O[B]O)c(C)ccc12. The van der Waals surface area contributed by atoms with Gasteiger partial charge in [0.15, 0.2) is 0 Å². The van der Waals surface area contributed by atoms with E-state index in [9.17, 15) is 4.39 Å². The Bertz CT molecular complexity index is 867. The molecule has 3 rings (SSSR count). The zero-order valence-corrected chi connectivity index (χ0v) is 13.7. The normalized spacial score (nSPS) is 10.8. The number of hydrogen-bond acceptors (Lipinski definition) is 3.